The number of nitriles is 1. The van der Waals surface area contributed by atoms with Crippen molar-refractivity contribution in [2.45, 2.75) is 26.7 Å². The van der Waals surface area contributed by atoms with Crippen LogP contribution >= 0.6 is 0 Å². The molecule has 26 heavy (non-hydrogen) atoms. The molecule has 0 amide bonds. The summed E-state index contributed by atoms with van der Waals surface area (Å²) in [6, 6.07) is 15.5. The van der Waals surface area contributed by atoms with Crippen LogP contribution in [0.2, 0.25) is 0 Å². The normalized spacial score (nSPS) is 10.2. The van der Waals surface area contributed by atoms with Gasteiger partial charge in [0.15, 0.2) is 5.82 Å². The van der Waals surface area contributed by atoms with Crippen LogP contribution in [0, 0.1) is 11.3 Å². The molecule has 6 nitrogen and oxygen atoms in total. The molecule has 0 aliphatic rings. The van der Waals surface area contributed by atoms with E-state index < -0.39 is 0 Å². The highest BCUT2D eigenvalue weighted by Crippen LogP contribution is 2.26. The topological polar surface area (TPSA) is 86.5 Å². The van der Waals surface area contributed by atoms with E-state index >= 15 is 0 Å². The third-order valence-electron chi connectivity index (χ3n) is 4.08. The van der Waals surface area contributed by atoms with Crippen molar-refractivity contribution in [3.8, 4) is 6.07 Å². The SMILES string of the molecule is CCc1cccc(CC)c1Nc1cnnc(Nc2ccc(C#N)cc2)n1. The Bertz CT molecular complexity index is 906. The van der Waals surface area contributed by atoms with E-state index in [4.69, 9.17) is 5.26 Å². The minimum Gasteiger partial charge on any atom is -0.338 e. The lowest BCUT2D eigenvalue weighted by atomic mass is 10.0. The number of hydrogen-bond donors (Lipinski definition) is 2. The van der Waals surface area contributed by atoms with Gasteiger partial charge in [0, 0.05) is 11.4 Å². The lowest BCUT2D eigenvalue weighted by Crippen LogP contribution is -2.05. The fraction of sp³-hybridized carbons (Fsp3) is 0.200. The molecule has 0 atom stereocenters. The quantitative estimate of drug-likeness (QED) is 0.691. The Balaban J connectivity index is 1.83. The average molecular weight is 344 g/mol. The summed E-state index contributed by atoms with van der Waals surface area (Å²) in [6.07, 6.45) is 3.48. The number of nitrogens with zero attached hydrogens (tertiary/aromatic N) is 4. The molecule has 2 aromatic carbocycles. The minimum absolute atomic E-state index is 0.395. The molecule has 0 spiro atoms. The highest BCUT2D eigenvalue weighted by molar-refractivity contribution is 5.65. The van der Waals surface area contributed by atoms with Crippen LogP contribution in [-0.4, -0.2) is 15.2 Å². The van der Waals surface area contributed by atoms with E-state index in [0.29, 0.717) is 17.3 Å². The van der Waals surface area contributed by atoms with Gasteiger partial charge in [0.2, 0.25) is 5.95 Å². The second-order valence-corrected chi connectivity index (χ2v) is 5.76. The lowest BCUT2D eigenvalue weighted by Gasteiger charge is -2.15. The van der Waals surface area contributed by atoms with Crippen LogP contribution < -0.4 is 10.6 Å². The first kappa shape index (κ1) is 17.4. The van der Waals surface area contributed by atoms with Gasteiger partial charge in [-0.2, -0.15) is 15.3 Å². The maximum absolute atomic E-state index is 8.87. The maximum atomic E-state index is 8.87. The van der Waals surface area contributed by atoms with Crippen molar-refractivity contribution in [3.05, 3.63) is 65.4 Å². The summed E-state index contributed by atoms with van der Waals surface area (Å²) in [7, 11) is 0. The number of para-hydroxylation sites is 1. The summed E-state index contributed by atoms with van der Waals surface area (Å²) in [5, 5.41) is 23.4. The molecular formula is C20H20N6. The van der Waals surface area contributed by atoms with Crippen molar-refractivity contribution in [1.29, 1.82) is 5.26 Å². The largest absolute Gasteiger partial charge is 0.338 e. The molecule has 0 fully saturated rings. The van der Waals surface area contributed by atoms with Gasteiger partial charge in [-0.05, 0) is 48.2 Å². The molecule has 0 unspecified atom stereocenters. The van der Waals surface area contributed by atoms with Crippen LogP contribution in [0.4, 0.5) is 23.1 Å². The van der Waals surface area contributed by atoms with Gasteiger partial charge < -0.3 is 10.6 Å². The van der Waals surface area contributed by atoms with Gasteiger partial charge in [0.25, 0.3) is 0 Å². The monoisotopic (exact) mass is 344 g/mol. The number of anilines is 4. The molecule has 0 aliphatic carbocycles. The van der Waals surface area contributed by atoms with Crippen LogP contribution in [0.1, 0.15) is 30.5 Å². The third kappa shape index (κ3) is 3.95. The fourth-order valence-corrected chi connectivity index (χ4v) is 2.71. The predicted octanol–water partition coefficient (Wildman–Crippen LogP) is 4.36. The zero-order chi connectivity index (χ0) is 18.4. The number of rotatable bonds is 6. The highest BCUT2D eigenvalue weighted by Gasteiger charge is 2.08. The summed E-state index contributed by atoms with van der Waals surface area (Å²) in [4.78, 5) is 4.50. The Morgan fingerprint density at radius 3 is 2.27 bits per heavy atom. The molecule has 3 aromatic rings. The van der Waals surface area contributed by atoms with Gasteiger partial charge in [-0.3, -0.25) is 0 Å². The average Bonchev–Trinajstić information content (AvgIpc) is 2.69. The van der Waals surface area contributed by atoms with Crippen molar-refractivity contribution in [3.63, 3.8) is 0 Å². The van der Waals surface area contributed by atoms with E-state index in [1.807, 2.05) is 12.1 Å². The Morgan fingerprint density at radius 2 is 1.65 bits per heavy atom. The molecule has 0 aliphatic heterocycles. The van der Waals surface area contributed by atoms with Gasteiger partial charge in [0.1, 0.15) is 0 Å². The molecule has 0 radical (unpaired) electrons. The number of benzene rings is 2. The molecular weight excluding hydrogens is 324 g/mol. The van der Waals surface area contributed by atoms with Crippen molar-refractivity contribution in [1.82, 2.24) is 15.2 Å². The summed E-state index contributed by atoms with van der Waals surface area (Å²) in [6.45, 7) is 4.27. The summed E-state index contributed by atoms with van der Waals surface area (Å²) in [5.41, 5.74) is 4.97. The predicted molar refractivity (Wildman–Crippen MR) is 103 cm³/mol. The number of aryl methyl sites for hydroxylation is 2. The molecule has 2 N–H and O–H groups in total. The first-order chi connectivity index (χ1) is 12.7. The molecule has 1 heterocycles. The van der Waals surface area contributed by atoms with E-state index in [9.17, 15) is 0 Å². The van der Waals surface area contributed by atoms with E-state index in [0.717, 1.165) is 24.2 Å². The third-order valence-corrected chi connectivity index (χ3v) is 4.08. The Morgan fingerprint density at radius 1 is 0.962 bits per heavy atom. The van der Waals surface area contributed by atoms with Crippen LogP contribution in [-0.2, 0) is 12.8 Å². The summed E-state index contributed by atoms with van der Waals surface area (Å²) >= 11 is 0. The molecule has 0 saturated carbocycles. The van der Waals surface area contributed by atoms with Crippen LogP contribution in [0.15, 0.2) is 48.7 Å². The molecule has 0 saturated heterocycles. The van der Waals surface area contributed by atoms with Crippen molar-refractivity contribution >= 4 is 23.1 Å². The first-order valence-electron chi connectivity index (χ1n) is 8.58. The number of aromatic nitrogens is 3. The molecule has 130 valence electrons. The van der Waals surface area contributed by atoms with E-state index in [-0.39, 0.29) is 0 Å². The molecule has 1 aromatic heterocycles. The van der Waals surface area contributed by atoms with Crippen molar-refractivity contribution in [2.75, 3.05) is 10.6 Å². The Labute approximate surface area is 152 Å². The Hall–Kier alpha value is -3.46. The van der Waals surface area contributed by atoms with Gasteiger partial charge in [-0.25, -0.2) is 0 Å². The number of hydrogen-bond acceptors (Lipinski definition) is 6. The minimum atomic E-state index is 0.395. The van der Waals surface area contributed by atoms with Gasteiger partial charge in [-0.1, -0.05) is 32.0 Å². The van der Waals surface area contributed by atoms with Crippen molar-refractivity contribution in [2.24, 2.45) is 0 Å². The van der Waals surface area contributed by atoms with Crippen LogP contribution in [0.5, 0.6) is 0 Å². The van der Waals surface area contributed by atoms with Crippen LogP contribution in [0.3, 0.4) is 0 Å². The van der Waals surface area contributed by atoms with E-state index in [1.165, 1.54) is 11.1 Å². The van der Waals surface area contributed by atoms with Crippen LogP contribution in [0.25, 0.3) is 0 Å². The van der Waals surface area contributed by atoms with Gasteiger partial charge >= 0.3 is 0 Å². The second kappa shape index (κ2) is 8.08. The smallest absolute Gasteiger partial charge is 0.249 e. The Kier molecular flexibility index (Phi) is 5.40. The van der Waals surface area contributed by atoms with E-state index in [1.54, 1.807) is 18.3 Å². The zero-order valence-corrected chi connectivity index (χ0v) is 14.8. The first-order valence-corrected chi connectivity index (χ1v) is 8.58. The lowest BCUT2D eigenvalue weighted by molar-refractivity contribution is 0.980. The standard InChI is InChI=1S/C20H20N6/c1-3-15-6-5-7-16(4-2)19(15)24-18-13-22-26-20(25-18)23-17-10-8-14(12-21)9-11-17/h5-11,13H,3-4H2,1-2H3,(H2,23,24,25,26). The van der Waals surface area contributed by atoms with Gasteiger partial charge in [0.05, 0.1) is 17.8 Å². The maximum Gasteiger partial charge on any atom is 0.249 e. The van der Waals surface area contributed by atoms with E-state index in [2.05, 4.69) is 63.9 Å². The summed E-state index contributed by atoms with van der Waals surface area (Å²) < 4.78 is 0. The second-order valence-electron chi connectivity index (χ2n) is 5.76. The van der Waals surface area contributed by atoms with Gasteiger partial charge in [-0.15, -0.1) is 5.10 Å². The van der Waals surface area contributed by atoms with Crippen molar-refractivity contribution < 1.29 is 0 Å². The summed E-state index contributed by atoms with van der Waals surface area (Å²) in [5.74, 6) is 1.03. The molecule has 6 heteroatoms. The highest BCUT2D eigenvalue weighted by atomic mass is 15.3. The number of nitrogens with one attached hydrogen (secondary N) is 2. The fourth-order valence-electron chi connectivity index (χ4n) is 2.71. The zero-order valence-electron chi connectivity index (χ0n) is 14.8. The molecule has 0 bridgehead atoms. The molecule has 3 rings (SSSR count).